The molecule has 0 radical (unpaired) electrons. The van der Waals surface area contributed by atoms with Crippen molar-refractivity contribution in [2.24, 2.45) is 4.99 Å². The van der Waals surface area contributed by atoms with E-state index in [1.807, 2.05) is 6.08 Å². The van der Waals surface area contributed by atoms with Crippen molar-refractivity contribution in [3.8, 4) is 0 Å². The van der Waals surface area contributed by atoms with Crippen LogP contribution in [0, 0.1) is 0 Å². The lowest BCUT2D eigenvalue weighted by atomic mass is 10.2. The van der Waals surface area contributed by atoms with Crippen LogP contribution in [0.2, 0.25) is 0 Å². The number of nitrogens with one attached hydrogen (secondary N) is 2. The van der Waals surface area contributed by atoms with Gasteiger partial charge in [0.1, 0.15) is 0 Å². The first-order chi connectivity index (χ1) is 10.3. The van der Waals surface area contributed by atoms with Gasteiger partial charge < -0.3 is 15.5 Å². The van der Waals surface area contributed by atoms with Gasteiger partial charge in [0.15, 0.2) is 5.96 Å². The number of nitrogens with zero attached hydrogens (tertiary/aromatic N) is 2. The zero-order valence-corrected chi connectivity index (χ0v) is 15.4. The number of guanidine groups is 1. The predicted molar refractivity (Wildman–Crippen MR) is 106 cm³/mol. The van der Waals surface area contributed by atoms with Crippen LogP contribution >= 0.6 is 24.0 Å². The molecule has 1 aliphatic heterocycles. The Bertz CT molecular complexity index is 517. The second-order valence-corrected chi connectivity index (χ2v) is 4.91. The largest absolute Gasteiger partial charge is 0.364 e. The molecule has 4 nitrogen and oxygen atoms in total. The molecule has 0 amide bonds. The van der Waals surface area contributed by atoms with Gasteiger partial charge in [-0.2, -0.15) is 0 Å². The first-order valence-electron chi connectivity index (χ1n) is 7.45. The molecule has 0 aromatic heterocycles. The van der Waals surface area contributed by atoms with Gasteiger partial charge in [0.25, 0.3) is 0 Å². The fourth-order valence-electron chi connectivity index (χ4n) is 2.22. The molecule has 1 aromatic rings. The smallest absolute Gasteiger partial charge is 0.191 e. The van der Waals surface area contributed by atoms with Crippen LogP contribution in [0.1, 0.15) is 12.5 Å². The standard InChI is InChI=1S/C17H24N4.HI/c1-3-10-19-17(18-4-2)20-14-15-8-7-9-16(13-15)21-11-5-6-12-21;/h3,5-9,13H,1,4,10-12,14H2,2H3,(H2,18,19,20);1H. The lowest BCUT2D eigenvalue weighted by molar-refractivity contribution is 0.860. The number of anilines is 1. The quantitative estimate of drug-likeness (QED) is 0.327. The molecule has 0 aliphatic carbocycles. The van der Waals surface area contributed by atoms with Crippen molar-refractivity contribution in [3.05, 3.63) is 54.6 Å². The highest BCUT2D eigenvalue weighted by Crippen LogP contribution is 2.18. The fourth-order valence-corrected chi connectivity index (χ4v) is 2.22. The Labute approximate surface area is 150 Å². The first kappa shape index (κ1) is 18.5. The zero-order valence-electron chi connectivity index (χ0n) is 13.1. The lowest BCUT2D eigenvalue weighted by Crippen LogP contribution is -2.37. The molecule has 0 fully saturated rings. The van der Waals surface area contributed by atoms with Gasteiger partial charge in [-0.25, -0.2) is 4.99 Å². The zero-order chi connectivity index (χ0) is 14.9. The van der Waals surface area contributed by atoms with Crippen molar-refractivity contribution < 1.29 is 0 Å². The predicted octanol–water partition coefficient (Wildman–Crippen LogP) is 2.92. The van der Waals surface area contributed by atoms with Crippen LogP contribution in [-0.4, -0.2) is 32.1 Å². The third-order valence-electron chi connectivity index (χ3n) is 3.27. The van der Waals surface area contributed by atoms with Crippen LogP contribution < -0.4 is 15.5 Å². The van der Waals surface area contributed by atoms with E-state index in [-0.39, 0.29) is 24.0 Å². The molecule has 1 aliphatic rings. The van der Waals surface area contributed by atoms with Crippen LogP contribution in [0.15, 0.2) is 54.1 Å². The molecule has 0 saturated heterocycles. The molecule has 22 heavy (non-hydrogen) atoms. The Morgan fingerprint density at radius 2 is 2.09 bits per heavy atom. The molecule has 1 heterocycles. The molecule has 1 aromatic carbocycles. The molecule has 2 N–H and O–H groups in total. The van der Waals surface area contributed by atoms with Crippen LogP contribution in [0.5, 0.6) is 0 Å². The molecule has 0 saturated carbocycles. The molecule has 5 heteroatoms. The molecule has 2 rings (SSSR count). The Morgan fingerprint density at radius 3 is 2.77 bits per heavy atom. The highest BCUT2D eigenvalue weighted by Gasteiger charge is 2.07. The van der Waals surface area contributed by atoms with Gasteiger partial charge in [-0.05, 0) is 24.6 Å². The Hall–Kier alpha value is -1.50. The highest BCUT2D eigenvalue weighted by atomic mass is 127. The topological polar surface area (TPSA) is 39.7 Å². The summed E-state index contributed by atoms with van der Waals surface area (Å²) in [6.07, 6.45) is 6.23. The number of benzene rings is 1. The Balaban J connectivity index is 0.00000242. The number of halogens is 1. The van der Waals surface area contributed by atoms with Gasteiger partial charge in [-0.15, -0.1) is 30.6 Å². The van der Waals surface area contributed by atoms with Crippen molar-refractivity contribution >= 4 is 35.6 Å². The summed E-state index contributed by atoms with van der Waals surface area (Å²) in [5, 5.41) is 6.44. The minimum atomic E-state index is 0. The van der Waals surface area contributed by atoms with Crippen LogP contribution in [0.4, 0.5) is 5.69 Å². The molecule has 0 spiro atoms. The number of rotatable bonds is 6. The normalized spacial score (nSPS) is 13.7. The van der Waals surface area contributed by atoms with E-state index in [1.165, 1.54) is 11.3 Å². The third kappa shape index (κ3) is 5.71. The Morgan fingerprint density at radius 1 is 1.32 bits per heavy atom. The monoisotopic (exact) mass is 412 g/mol. The molecular weight excluding hydrogens is 387 g/mol. The molecule has 120 valence electrons. The van der Waals surface area contributed by atoms with E-state index in [1.54, 1.807) is 0 Å². The molecular formula is C17H25IN4. The van der Waals surface area contributed by atoms with Gasteiger partial charge in [0.05, 0.1) is 6.54 Å². The van der Waals surface area contributed by atoms with Gasteiger partial charge in [0.2, 0.25) is 0 Å². The van der Waals surface area contributed by atoms with Crippen molar-refractivity contribution in [3.63, 3.8) is 0 Å². The average molecular weight is 412 g/mol. The number of hydrogen-bond donors (Lipinski definition) is 2. The summed E-state index contributed by atoms with van der Waals surface area (Å²) in [5.74, 6) is 0.825. The van der Waals surface area contributed by atoms with Crippen molar-refractivity contribution in [1.82, 2.24) is 10.6 Å². The molecule has 0 bridgehead atoms. The van der Waals surface area contributed by atoms with Gasteiger partial charge in [0, 0.05) is 31.9 Å². The maximum Gasteiger partial charge on any atom is 0.191 e. The van der Waals surface area contributed by atoms with E-state index in [0.29, 0.717) is 13.1 Å². The lowest BCUT2D eigenvalue weighted by Gasteiger charge is -2.18. The summed E-state index contributed by atoms with van der Waals surface area (Å²) < 4.78 is 0. The summed E-state index contributed by atoms with van der Waals surface area (Å²) >= 11 is 0. The summed E-state index contributed by atoms with van der Waals surface area (Å²) in [7, 11) is 0. The van der Waals surface area contributed by atoms with E-state index in [4.69, 9.17) is 0 Å². The second-order valence-electron chi connectivity index (χ2n) is 4.91. The van der Waals surface area contributed by atoms with Gasteiger partial charge >= 0.3 is 0 Å². The minimum Gasteiger partial charge on any atom is -0.364 e. The van der Waals surface area contributed by atoms with Gasteiger partial charge in [-0.3, -0.25) is 0 Å². The molecule has 0 atom stereocenters. The fraction of sp³-hybridized carbons (Fsp3) is 0.353. The number of hydrogen-bond acceptors (Lipinski definition) is 2. The average Bonchev–Trinajstić information content (AvgIpc) is 3.05. The van der Waals surface area contributed by atoms with E-state index in [2.05, 4.69) is 70.4 Å². The summed E-state index contributed by atoms with van der Waals surface area (Å²) in [5.41, 5.74) is 2.48. The summed E-state index contributed by atoms with van der Waals surface area (Å²) in [6.45, 7) is 10.00. The molecule has 0 unspecified atom stereocenters. The van der Waals surface area contributed by atoms with Crippen molar-refractivity contribution in [2.75, 3.05) is 31.1 Å². The Kier molecular flexibility index (Phi) is 8.65. The SMILES string of the molecule is C=CCNC(=NCc1cccc(N2CC=CC2)c1)NCC.I. The van der Waals surface area contributed by atoms with Gasteiger partial charge in [-0.1, -0.05) is 30.4 Å². The minimum absolute atomic E-state index is 0. The van der Waals surface area contributed by atoms with E-state index >= 15 is 0 Å². The number of aliphatic imine (C=N–C) groups is 1. The third-order valence-corrected chi connectivity index (χ3v) is 3.27. The highest BCUT2D eigenvalue weighted by molar-refractivity contribution is 14.0. The first-order valence-corrected chi connectivity index (χ1v) is 7.45. The second kappa shape index (κ2) is 10.3. The van der Waals surface area contributed by atoms with Crippen LogP contribution in [0.3, 0.4) is 0 Å². The van der Waals surface area contributed by atoms with Crippen molar-refractivity contribution in [2.45, 2.75) is 13.5 Å². The maximum atomic E-state index is 4.60. The van der Waals surface area contributed by atoms with E-state index in [9.17, 15) is 0 Å². The van der Waals surface area contributed by atoms with Crippen LogP contribution in [-0.2, 0) is 6.54 Å². The summed E-state index contributed by atoms with van der Waals surface area (Å²) in [4.78, 5) is 6.94. The van der Waals surface area contributed by atoms with Crippen LogP contribution in [0.25, 0.3) is 0 Å². The maximum absolute atomic E-state index is 4.60. The van der Waals surface area contributed by atoms with Crippen molar-refractivity contribution in [1.29, 1.82) is 0 Å². The van der Waals surface area contributed by atoms with E-state index in [0.717, 1.165) is 25.6 Å². The van der Waals surface area contributed by atoms with E-state index < -0.39 is 0 Å². The summed E-state index contributed by atoms with van der Waals surface area (Å²) in [6, 6.07) is 8.59.